The molecule has 0 radical (unpaired) electrons. The highest BCUT2D eigenvalue weighted by Crippen LogP contribution is 2.43. The van der Waals surface area contributed by atoms with Crippen LogP contribution >= 0.6 is 39.7 Å². The topological polar surface area (TPSA) is 51.6 Å². The van der Waals surface area contributed by atoms with Crippen LogP contribution in [0.2, 0.25) is 5.02 Å². The first-order chi connectivity index (χ1) is 17.6. The molecule has 1 saturated heterocycles. The largest absolute Gasteiger partial charge is 0.490 e. The van der Waals surface area contributed by atoms with E-state index in [2.05, 4.69) is 60.1 Å². The molecule has 0 unspecified atom stereocenters. The third kappa shape index (κ3) is 4.99. The number of methoxy groups -OCH3 is 1. The van der Waals surface area contributed by atoms with Gasteiger partial charge in [-0.3, -0.25) is 4.98 Å². The van der Waals surface area contributed by atoms with E-state index in [9.17, 15) is 0 Å². The van der Waals surface area contributed by atoms with Gasteiger partial charge in [-0.25, -0.2) is 0 Å². The normalized spacial score (nSPS) is 17.3. The van der Waals surface area contributed by atoms with Crippen molar-refractivity contribution in [3.05, 3.63) is 106 Å². The Labute approximate surface area is 228 Å². The van der Waals surface area contributed by atoms with Gasteiger partial charge in [0, 0.05) is 41.0 Å². The molecule has 0 amide bonds. The molecule has 1 aliphatic rings. The molecule has 0 saturated carbocycles. The van der Waals surface area contributed by atoms with Gasteiger partial charge in [0.05, 0.1) is 23.4 Å². The molecule has 0 bridgehead atoms. The molecule has 0 spiro atoms. The maximum atomic E-state index is 6.63. The number of hydrogen-bond acceptors (Lipinski definition) is 4. The zero-order valence-corrected chi connectivity index (χ0v) is 22.6. The smallest absolute Gasteiger partial charge is 0.174 e. The van der Waals surface area contributed by atoms with Crippen LogP contribution in [-0.4, -0.2) is 35.0 Å². The molecule has 184 valence electrons. The molecule has 5 rings (SSSR count). The predicted octanol–water partition coefficient (Wildman–Crippen LogP) is 6.49. The van der Waals surface area contributed by atoms with E-state index in [-0.39, 0.29) is 12.1 Å². The monoisotopic (exact) mass is 582 g/mol. The summed E-state index contributed by atoms with van der Waals surface area (Å²) in [5, 5.41) is 4.61. The third-order valence-electron chi connectivity index (χ3n) is 6.01. The van der Waals surface area contributed by atoms with E-state index in [1.807, 2.05) is 54.6 Å². The quantitative estimate of drug-likeness (QED) is 0.189. The van der Waals surface area contributed by atoms with Crippen LogP contribution in [0, 0.1) is 0 Å². The van der Waals surface area contributed by atoms with Gasteiger partial charge in [-0.15, -0.1) is 0 Å². The van der Waals surface area contributed by atoms with Crippen molar-refractivity contribution in [3.8, 4) is 11.4 Å². The molecule has 2 aromatic heterocycles. The molecule has 4 aromatic rings. The number of halogens is 2. The lowest BCUT2D eigenvalue weighted by molar-refractivity contribution is 0.146. The molecule has 0 aliphatic carbocycles. The molecule has 2 atom stereocenters. The van der Waals surface area contributed by atoms with Gasteiger partial charge >= 0.3 is 0 Å². The average molecular weight is 584 g/mol. The number of benzene rings is 2. The molecule has 9 heteroatoms. The number of aromatic nitrogens is 2. The fraction of sp³-hybridized carbons (Fsp3) is 0.185. The van der Waals surface area contributed by atoms with E-state index in [0.29, 0.717) is 29.1 Å². The van der Waals surface area contributed by atoms with Crippen LogP contribution in [0.5, 0.6) is 5.75 Å². The summed E-state index contributed by atoms with van der Waals surface area (Å²) in [5.41, 5.74) is 3.87. The lowest BCUT2D eigenvalue weighted by Gasteiger charge is -2.29. The van der Waals surface area contributed by atoms with Crippen LogP contribution in [0.15, 0.2) is 89.7 Å². The lowest BCUT2D eigenvalue weighted by Crippen LogP contribution is -2.30. The van der Waals surface area contributed by atoms with Crippen molar-refractivity contribution in [1.29, 1.82) is 0 Å². The fourth-order valence-electron chi connectivity index (χ4n) is 4.42. The first-order valence-electron chi connectivity index (χ1n) is 11.4. The zero-order chi connectivity index (χ0) is 25.1. The third-order valence-corrected chi connectivity index (χ3v) is 7.11. The number of thiocarbonyl (C=S) groups is 1. The molecule has 6 nitrogen and oxygen atoms in total. The van der Waals surface area contributed by atoms with Crippen LogP contribution in [0.4, 0.5) is 5.69 Å². The minimum Gasteiger partial charge on any atom is -0.490 e. The number of anilines is 1. The van der Waals surface area contributed by atoms with Crippen LogP contribution in [0.25, 0.3) is 5.69 Å². The number of nitrogens with zero attached hydrogens (tertiary/aromatic N) is 3. The lowest BCUT2D eigenvalue weighted by atomic mass is 10.0. The van der Waals surface area contributed by atoms with Crippen molar-refractivity contribution < 1.29 is 9.47 Å². The van der Waals surface area contributed by atoms with E-state index in [4.69, 9.17) is 33.3 Å². The summed E-state index contributed by atoms with van der Waals surface area (Å²) in [5.74, 6) is 0.603. The van der Waals surface area contributed by atoms with Crippen LogP contribution < -0.4 is 15.0 Å². The Morgan fingerprint density at radius 3 is 2.67 bits per heavy atom. The number of hydrogen-bond donors (Lipinski definition) is 1. The SMILES string of the molecule is COCCOc1ccc(N2C(=S)N[C@@H](c3ccccn3)[C@H]2c2cccn2-c2cccc(Br)c2)cc1Cl. The number of rotatable bonds is 8. The Kier molecular flexibility index (Phi) is 7.57. The van der Waals surface area contributed by atoms with E-state index < -0.39 is 0 Å². The molecular weight excluding hydrogens is 560 g/mol. The van der Waals surface area contributed by atoms with Crippen molar-refractivity contribution in [2.24, 2.45) is 0 Å². The summed E-state index contributed by atoms with van der Waals surface area (Å²) in [4.78, 5) is 6.75. The standard InChI is InChI=1S/C27H24BrClN4O2S/c1-34-14-15-35-24-11-10-20(17-21(24)29)33-26(25(31-27(33)36)22-8-2-3-12-30-22)23-9-5-13-32(23)19-7-4-6-18(28)16-19/h2-13,16-17,25-26H,14-15H2,1H3,(H,31,36)/t25-,26+/m0/s1. The van der Waals surface area contributed by atoms with Gasteiger partial charge in [0.2, 0.25) is 0 Å². The second-order valence-electron chi connectivity index (χ2n) is 8.24. The van der Waals surface area contributed by atoms with E-state index in [1.54, 1.807) is 13.3 Å². The first kappa shape index (κ1) is 24.8. The molecule has 3 heterocycles. The summed E-state index contributed by atoms with van der Waals surface area (Å²) in [6.45, 7) is 0.905. The summed E-state index contributed by atoms with van der Waals surface area (Å²) in [7, 11) is 1.64. The van der Waals surface area contributed by atoms with Gasteiger partial charge in [-0.1, -0.05) is 39.7 Å². The van der Waals surface area contributed by atoms with Gasteiger partial charge in [0.25, 0.3) is 0 Å². The van der Waals surface area contributed by atoms with Crippen molar-refractivity contribution in [2.45, 2.75) is 12.1 Å². The van der Waals surface area contributed by atoms with Gasteiger partial charge in [0.1, 0.15) is 18.4 Å². The van der Waals surface area contributed by atoms with E-state index in [1.165, 1.54) is 0 Å². The van der Waals surface area contributed by atoms with Crippen molar-refractivity contribution in [1.82, 2.24) is 14.9 Å². The Morgan fingerprint density at radius 2 is 1.92 bits per heavy atom. The summed E-state index contributed by atoms with van der Waals surface area (Å²) in [6.07, 6.45) is 3.86. The average Bonchev–Trinajstić information content (AvgIpc) is 3.50. The molecule has 2 aromatic carbocycles. The minimum absolute atomic E-state index is 0.170. The van der Waals surface area contributed by atoms with Gasteiger partial charge < -0.3 is 24.3 Å². The summed E-state index contributed by atoms with van der Waals surface area (Å²) in [6, 6.07) is 23.7. The van der Waals surface area contributed by atoms with Crippen LogP contribution in [0.1, 0.15) is 23.5 Å². The maximum Gasteiger partial charge on any atom is 0.174 e. The second kappa shape index (κ2) is 11.0. The minimum atomic E-state index is -0.183. The highest BCUT2D eigenvalue weighted by Gasteiger charge is 2.42. The molecule has 1 fully saturated rings. The van der Waals surface area contributed by atoms with E-state index in [0.717, 1.165) is 27.2 Å². The summed E-state index contributed by atoms with van der Waals surface area (Å²) < 4.78 is 14.0. The Bertz CT molecular complexity index is 1370. The van der Waals surface area contributed by atoms with Gasteiger partial charge in [-0.05, 0) is 72.9 Å². The highest BCUT2D eigenvalue weighted by molar-refractivity contribution is 9.10. The van der Waals surface area contributed by atoms with Crippen molar-refractivity contribution >= 4 is 50.5 Å². The highest BCUT2D eigenvalue weighted by atomic mass is 79.9. The van der Waals surface area contributed by atoms with Gasteiger partial charge in [0.15, 0.2) is 5.11 Å². The second-order valence-corrected chi connectivity index (χ2v) is 9.95. The number of pyridine rings is 1. The molecule has 1 aliphatic heterocycles. The van der Waals surface area contributed by atoms with Gasteiger partial charge in [-0.2, -0.15) is 0 Å². The number of nitrogens with one attached hydrogen (secondary N) is 1. The Balaban J connectivity index is 1.59. The molecule has 1 N–H and O–H groups in total. The first-order valence-corrected chi connectivity index (χ1v) is 13.0. The molecule has 36 heavy (non-hydrogen) atoms. The van der Waals surface area contributed by atoms with Crippen molar-refractivity contribution in [2.75, 3.05) is 25.2 Å². The van der Waals surface area contributed by atoms with Crippen LogP contribution in [0.3, 0.4) is 0 Å². The molecular formula is C27H24BrClN4O2S. The maximum absolute atomic E-state index is 6.63. The van der Waals surface area contributed by atoms with Crippen molar-refractivity contribution in [3.63, 3.8) is 0 Å². The zero-order valence-electron chi connectivity index (χ0n) is 19.5. The Hall–Kier alpha value is -2.91. The number of ether oxygens (including phenoxy) is 2. The van der Waals surface area contributed by atoms with E-state index >= 15 is 0 Å². The predicted molar refractivity (Wildman–Crippen MR) is 150 cm³/mol. The fourth-order valence-corrected chi connectivity index (χ4v) is 5.38. The van der Waals surface area contributed by atoms with Crippen LogP contribution in [-0.2, 0) is 4.74 Å². The Morgan fingerprint density at radius 1 is 1.03 bits per heavy atom. The summed E-state index contributed by atoms with van der Waals surface area (Å²) >= 11 is 16.1.